The number of hydrogen-bond acceptors (Lipinski definition) is 3. The van der Waals surface area contributed by atoms with Crippen molar-refractivity contribution in [1.29, 1.82) is 0 Å². The number of hydrazone groups is 1. The Morgan fingerprint density at radius 2 is 1.57 bits per heavy atom. The quantitative estimate of drug-likeness (QED) is 0.667. The van der Waals surface area contributed by atoms with Crippen LogP contribution in [0.25, 0.3) is 0 Å². The Labute approximate surface area is 129 Å². The lowest BCUT2D eigenvalue weighted by Gasteiger charge is -2.09. The summed E-state index contributed by atoms with van der Waals surface area (Å²) in [7, 11) is 0. The van der Waals surface area contributed by atoms with Gasteiger partial charge in [-0.15, -0.1) is 0 Å². The number of nitrogens with one attached hydrogen (secondary N) is 1. The van der Waals surface area contributed by atoms with Gasteiger partial charge >= 0.3 is 12.2 Å². The predicted molar refractivity (Wildman–Crippen MR) is 78.3 cm³/mol. The van der Waals surface area contributed by atoms with E-state index in [4.69, 9.17) is 10.5 Å². The van der Waals surface area contributed by atoms with Crippen LogP contribution >= 0.6 is 0 Å². The van der Waals surface area contributed by atoms with Crippen LogP contribution in [0, 0.1) is 0 Å². The van der Waals surface area contributed by atoms with E-state index in [1.807, 2.05) is 0 Å². The van der Waals surface area contributed by atoms with Crippen LogP contribution in [0.1, 0.15) is 11.1 Å². The molecule has 0 atom stereocenters. The Morgan fingerprint density at radius 3 is 2.04 bits per heavy atom. The van der Waals surface area contributed by atoms with Crippen LogP contribution in [-0.2, 0) is 6.18 Å². The van der Waals surface area contributed by atoms with Crippen LogP contribution < -0.4 is 15.9 Å². The van der Waals surface area contributed by atoms with Gasteiger partial charge in [-0.05, 0) is 54.1 Å². The molecular formula is C15H12F3N3O2. The number of urea groups is 1. The molecule has 0 aliphatic heterocycles. The van der Waals surface area contributed by atoms with Gasteiger partial charge in [-0.25, -0.2) is 10.2 Å². The number of halogens is 3. The third kappa shape index (κ3) is 5.03. The van der Waals surface area contributed by atoms with Gasteiger partial charge in [-0.3, -0.25) is 0 Å². The number of alkyl halides is 3. The maximum absolute atomic E-state index is 12.5. The summed E-state index contributed by atoms with van der Waals surface area (Å²) < 4.78 is 42.8. The first-order chi connectivity index (χ1) is 10.8. The first-order valence-electron chi connectivity index (χ1n) is 6.38. The largest absolute Gasteiger partial charge is 0.457 e. The molecule has 0 heterocycles. The van der Waals surface area contributed by atoms with Crippen molar-refractivity contribution in [1.82, 2.24) is 5.43 Å². The molecule has 0 bridgehead atoms. The smallest absolute Gasteiger partial charge is 0.416 e. The van der Waals surface area contributed by atoms with Crippen molar-refractivity contribution in [3.63, 3.8) is 0 Å². The zero-order valence-corrected chi connectivity index (χ0v) is 11.7. The van der Waals surface area contributed by atoms with E-state index in [2.05, 4.69) is 10.5 Å². The van der Waals surface area contributed by atoms with Crippen LogP contribution in [0.4, 0.5) is 18.0 Å². The molecule has 0 radical (unpaired) electrons. The highest BCUT2D eigenvalue weighted by Gasteiger charge is 2.30. The Bertz CT molecular complexity index is 695. The summed E-state index contributed by atoms with van der Waals surface area (Å²) in [6, 6.07) is 10.2. The minimum absolute atomic E-state index is 0.287. The molecule has 2 rings (SSSR count). The van der Waals surface area contributed by atoms with Crippen molar-refractivity contribution < 1.29 is 22.7 Å². The third-order valence-corrected chi connectivity index (χ3v) is 2.69. The second-order valence-electron chi connectivity index (χ2n) is 4.43. The van der Waals surface area contributed by atoms with Crippen LogP contribution in [0.2, 0.25) is 0 Å². The van der Waals surface area contributed by atoms with E-state index in [0.29, 0.717) is 11.3 Å². The Morgan fingerprint density at radius 1 is 1.04 bits per heavy atom. The molecule has 3 N–H and O–H groups in total. The fourth-order valence-corrected chi connectivity index (χ4v) is 1.64. The maximum Gasteiger partial charge on any atom is 0.416 e. The van der Waals surface area contributed by atoms with Crippen LogP contribution in [0.3, 0.4) is 0 Å². The summed E-state index contributed by atoms with van der Waals surface area (Å²) in [5.41, 5.74) is 6.84. The topological polar surface area (TPSA) is 76.7 Å². The molecule has 0 aromatic heterocycles. The number of carbonyl (C=O) groups is 1. The average Bonchev–Trinajstić information content (AvgIpc) is 2.48. The predicted octanol–water partition coefficient (Wildman–Crippen LogP) is 3.50. The lowest BCUT2D eigenvalue weighted by atomic mass is 10.2. The molecule has 2 aromatic rings. The van der Waals surface area contributed by atoms with Crippen molar-refractivity contribution in [3.05, 3.63) is 59.7 Å². The summed E-state index contributed by atoms with van der Waals surface area (Å²) >= 11 is 0. The van der Waals surface area contributed by atoms with E-state index in [0.717, 1.165) is 12.1 Å². The summed E-state index contributed by atoms with van der Waals surface area (Å²) in [6.07, 6.45) is -2.99. The third-order valence-electron chi connectivity index (χ3n) is 2.69. The average molecular weight is 323 g/mol. The normalized spacial score (nSPS) is 11.4. The number of ether oxygens (including phenoxy) is 1. The molecule has 0 aliphatic rings. The monoisotopic (exact) mass is 323 g/mol. The molecular weight excluding hydrogens is 311 g/mol. The second-order valence-corrected chi connectivity index (χ2v) is 4.43. The van der Waals surface area contributed by atoms with Crippen molar-refractivity contribution >= 4 is 12.2 Å². The summed E-state index contributed by atoms with van der Waals surface area (Å²) in [5, 5.41) is 3.59. The molecule has 0 spiro atoms. The fourth-order valence-electron chi connectivity index (χ4n) is 1.64. The van der Waals surface area contributed by atoms with E-state index in [-0.39, 0.29) is 5.75 Å². The van der Waals surface area contributed by atoms with Gasteiger partial charge in [0.15, 0.2) is 0 Å². The van der Waals surface area contributed by atoms with Gasteiger partial charge in [-0.2, -0.15) is 18.3 Å². The zero-order chi connectivity index (χ0) is 16.9. The molecule has 0 saturated carbocycles. The highest BCUT2D eigenvalue weighted by Crippen LogP contribution is 2.31. The maximum atomic E-state index is 12.5. The van der Waals surface area contributed by atoms with E-state index in [1.54, 1.807) is 24.3 Å². The van der Waals surface area contributed by atoms with Crippen molar-refractivity contribution in [2.75, 3.05) is 0 Å². The molecule has 0 saturated heterocycles. The molecule has 0 aliphatic carbocycles. The van der Waals surface area contributed by atoms with Crippen molar-refractivity contribution in [2.45, 2.75) is 6.18 Å². The van der Waals surface area contributed by atoms with Crippen LogP contribution in [0.15, 0.2) is 53.6 Å². The Hall–Kier alpha value is -3.03. The molecule has 2 aromatic carbocycles. The SMILES string of the molecule is NC(=O)NN=Cc1ccc(Oc2ccc(C(F)(F)F)cc2)cc1. The standard InChI is InChI=1S/C15H12F3N3O2/c16-15(17,18)11-3-7-13(8-4-11)23-12-5-1-10(2-6-12)9-20-21-14(19)22/h1-9H,(H3,19,21,22). The summed E-state index contributed by atoms with van der Waals surface area (Å²) in [5.74, 6) is 0.736. The highest BCUT2D eigenvalue weighted by atomic mass is 19.4. The molecule has 120 valence electrons. The number of hydrogen-bond donors (Lipinski definition) is 2. The van der Waals surface area contributed by atoms with Gasteiger partial charge < -0.3 is 10.5 Å². The van der Waals surface area contributed by atoms with E-state index < -0.39 is 17.8 Å². The first kappa shape index (κ1) is 16.3. The zero-order valence-electron chi connectivity index (χ0n) is 11.7. The molecule has 8 heteroatoms. The summed E-state index contributed by atoms with van der Waals surface area (Å²) in [6.45, 7) is 0. The minimum atomic E-state index is -4.38. The first-order valence-corrected chi connectivity index (χ1v) is 6.38. The number of nitrogens with zero attached hydrogens (tertiary/aromatic N) is 1. The number of nitrogens with two attached hydrogens (primary N) is 1. The molecule has 0 unspecified atom stereocenters. The molecule has 2 amide bonds. The van der Waals surface area contributed by atoms with Gasteiger partial charge in [-0.1, -0.05) is 0 Å². The number of rotatable bonds is 4. The van der Waals surface area contributed by atoms with E-state index >= 15 is 0 Å². The van der Waals surface area contributed by atoms with Gasteiger partial charge in [0.1, 0.15) is 11.5 Å². The number of primary amides is 1. The Kier molecular flexibility index (Phi) is 4.85. The number of carbonyl (C=O) groups excluding carboxylic acids is 1. The second kappa shape index (κ2) is 6.82. The van der Waals surface area contributed by atoms with Crippen LogP contribution in [0.5, 0.6) is 11.5 Å². The van der Waals surface area contributed by atoms with E-state index in [9.17, 15) is 18.0 Å². The molecule has 23 heavy (non-hydrogen) atoms. The van der Waals surface area contributed by atoms with Gasteiger partial charge in [0.25, 0.3) is 0 Å². The minimum Gasteiger partial charge on any atom is -0.457 e. The van der Waals surface area contributed by atoms with Gasteiger partial charge in [0, 0.05) is 0 Å². The van der Waals surface area contributed by atoms with Gasteiger partial charge in [0.2, 0.25) is 0 Å². The van der Waals surface area contributed by atoms with Gasteiger partial charge in [0.05, 0.1) is 11.8 Å². The molecule has 5 nitrogen and oxygen atoms in total. The lowest BCUT2D eigenvalue weighted by molar-refractivity contribution is -0.137. The fraction of sp³-hybridized carbons (Fsp3) is 0.0667. The Balaban J connectivity index is 2.00. The van der Waals surface area contributed by atoms with Crippen LogP contribution in [-0.4, -0.2) is 12.2 Å². The summed E-state index contributed by atoms with van der Waals surface area (Å²) in [4.78, 5) is 10.4. The van der Waals surface area contributed by atoms with Crippen molar-refractivity contribution in [2.24, 2.45) is 10.8 Å². The lowest BCUT2D eigenvalue weighted by Crippen LogP contribution is -2.24. The number of amides is 2. The van der Waals surface area contributed by atoms with Crippen molar-refractivity contribution in [3.8, 4) is 11.5 Å². The van der Waals surface area contributed by atoms with E-state index in [1.165, 1.54) is 18.3 Å². The number of benzene rings is 2. The molecule has 0 fully saturated rings. The highest BCUT2D eigenvalue weighted by molar-refractivity contribution is 5.81.